The molecule has 138 valence electrons. The number of likely N-dealkylation sites (N-methyl/N-ethyl adjacent to an activating group) is 1. The second kappa shape index (κ2) is 6.43. The Balaban J connectivity index is 1.77. The van der Waals surface area contributed by atoms with Crippen LogP contribution >= 0.6 is 0 Å². The Bertz CT molecular complexity index is 800. The molecule has 2 aromatic rings. The lowest BCUT2D eigenvalue weighted by Crippen LogP contribution is -2.64. The van der Waals surface area contributed by atoms with Crippen molar-refractivity contribution < 1.29 is 8.78 Å². The molecule has 0 amide bonds. The van der Waals surface area contributed by atoms with Gasteiger partial charge in [0.25, 0.3) is 0 Å². The number of nitrogens with zero attached hydrogens (tertiary/aromatic N) is 1. The van der Waals surface area contributed by atoms with Crippen molar-refractivity contribution in [3.05, 3.63) is 70.8 Å². The molecule has 2 nitrogen and oxygen atoms in total. The summed E-state index contributed by atoms with van der Waals surface area (Å²) in [6.45, 7) is 6.36. The molecule has 2 aromatic carbocycles. The van der Waals surface area contributed by atoms with Crippen LogP contribution in [-0.4, -0.2) is 36.6 Å². The first-order valence-electron chi connectivity index (χ1n) is 9.38. The quantitative estimate of drug-likeness (QED) is 0.865. The van der Waals surface area contributed by atoms with Gasteiger partial charge < -0.3 is 5.32 Å². The number of nitrogens with one attached hydrogen (secondary N) is 1. The van der Waals surface area contributed by atoms with Crippen molar-refractivity contribution in [1.82, 2.24) is 10.2 Å². The molecule has 4 heteroatoms. The van der Waals surface area contributed by atoms with Crippen molar-refractivity contribution in [3.63, 3.8) is 0 Å². The highest BCUT2D eigenvalue weighted by atomic mass is 19.1. The number of piperazine rings is 1. The van der Waals surface area contributed by atoms with Gasteiger partial charge in [0.05, 0.1) is 0 Å². The molecule has 0 spiro atoms. The van der Waals surface area contributed by atoms with Crippen LogP contribution in [0.3, 0.4) is 0 Å². The minimum Gasteiger partial charge on any atom is -0.310 e. The molecule has 0 radical (unpaired) electrons. The van der Waals surface area contributed by atoms with Gasteiger partial charge in [0.15, 0.2) is 0 Å². The first-order chi connectivity index (χ1) is 12.4. The van der Waals surface area contributed by atoms with E-state index < -0.39 is 0 Å². The van der Waals surface area contributed by atoms with Crippen molar-refractivity contribution >= 4 is 0 Å². The van der Waals surface area contributed by atoms with Crippen molar-refractivity contribution in [2.24, 2.45) is 0 Å². The van der Waals surface area contributed by atoms with Crippen LogP contribution in [-0.2, 0) is 0 Å². The van der Waals surface area contributed by atoms with E-state index in [0.29, 0.717) is 0 Å². The average Bonchev–Trinajstić information content (AvgIpc) is 2.99. The van der Waals surface area contributed by atoms with E-state index in [4.69, 9.17) is 0 Å². The average molecular weight is 356 g/mol. The van der Waals surface area contributed by atoms with E-state index in [1.165, 1.54) is 12.1 Å². The predicted octanol–water partition coefficient (Wildman–Crippen LogP) is 4.27. The summed E-state index contributed by atoms with van der Waals surface area (Å²) in [5, 5.41) is 3.66. The van der Waals surface area contributed by atoms with Crippen LogP contribution < -0.4 is 5.32 Å². The van der Waals surface area contributed by atoms with Crippen LogP contribution in [0.25, 0.3) is 0 Å². The van der Waals surface area contributed by atoms with Gasteiger partial charge in [-0.05, 0) is 62.2 Å². The van der Waals surface area contributed by atoms with Gasteiger partial charge in [-0.15, -0.1) is 0 Å². The molecule has 3 atom stereocenters. The first-order valence-corrected chi connectivity index (χ1v) is 9.38. The number of hydrogen-bond donors (Lipinski definition) is 1. The van der Waals surface area contributed by atoms with Gasteiger partial charge in [-0.1, -0.05) is 24.3 Å². The number of benzene rings is 2. The maximum absolute atomic E-state index is 14.9. The summed E-state index contributed by atoms with van der Waals surface area (Å²) in [7, 11) is 2.14. The summed E-state index contributed by atoms with van der Waals surface area (Å²) in [6, 6.07) is 12.2. The van der Waals surface area contributed by atoms with Crippen LogP contribution in [0, 0.1) is 11.6 Å². The first kappa shape index (κ1) is 17.6. The Morgan fingerprint density at radius 2 is 1.81 bits per heavy atom. The molecule has 1 saturated heterocycles. The second-order valence-electron chi connectivity index (χ2n) is 8.20. The molecule has 0 saturated carbocycles. The third-order valence-electron chi connectivity index (χ3n) is 6.55. The van der Waals surface area contributed by atoms with Crippen LogP contribution in [0.15, 0.2) is 42.5 Å². The molecule has 2 aliphatic rings. The molecule has 1 N–H and O–H groups in total. The van der Waals surface area contributed by atoms with Crippen LogP contribution in [0.5, 0.6) is 0 Å². The molecule has 26 heavy (non-hydrogen) atoms. The Labute approximate surface area is 154 Å². The summed E-state index contributed by atoms with van der Waals surface area (Å²) in [5.41, 5.74) is 2.87. The zero-order valence-electron chi connectivity index (χ0n) is 15.6. The molecule has 0 aromatic heterocycles. The minimum absolute atomic E-state index is 0.0693. The van der Waals surface area contributed by atoms with E-state index in [0.717, 1.165) is 36.2 Å². The lowest BCUT2D eigenvalue weighted by Gasteiger charge is -2.49. The molecule has 3 unspecified atom stereocenters. The van der Waals surface area contributed by atoms with E-state index in [2.05, 4.69) is 31.1 Å². The van der Waals surface area contributed by atoms with Gasteiger partial charge in [-0.2, -0.15) is 0 Å². The summed E-state index contributed by atoms with van der Waals surface area (Å²) >= 11 is 0. The molecular formula is C22H26F2N2. The fourth-order valence-electron chi connectivity index (χ4n) is 4.86. The highest BCUT2D eigenvalue weighted by Crippen LogP contribution is 2.50. The van der Waals surface area contributed by atoms with E-state index in [9.17, 15) is 8.78 Å². The fourth-order valence-corrected chi connectivity index (χ4v) is 4.86. The number of rotatable bonds is 2. The van der Waals surface area contributed by atoms with Gasteiger partial charge >= 0.3 is 0 Å². The molecule has 1 heterocycles. The molecule has 1 aliphatic carbocycles. The highest BCUT2D eigenvalue weighted by molar-refractivity contribution is 5.47. The monoisotopic (exact) mass is 356 g/mol. The number of halogens is 2. The van der Waals surface area contributed by atoms with Crippen molar-refractivity contribution in [2.75, 3.05) is 20.1 Å². The maximum Gasteiger partial charge on any atom is 0.127 e. The standard InChI is InChI=1S/C22H26F2N2/c1-22(2)21(25-11-12-26(22)3)18-13-17(14-7-9-15(23)10-8-14)16-5-4-6-19(24)20(16)18/h4-10,17-18,21,25H,11-13H2,1-3H3. The van der Waals surface area contributed by atoms with Crippen molar-refractivity contribution in [2.45, 2.75) is 43.7 Å². The highest BCUT2D eigenvalue weighted by Gasteiger charge is 2.46. The van der Waals surface area contributed by atoms with Gasteiger partial charge in [-0.3, -0.25) is 4.90 Å². The Morgan fingerprint density at radius 1 is 1.08 bits per heavy atom. The van der Waals surface area contributed by atoms with Crippen LogP contribution in [0.2, 0.25) is 0 Å². The maximum atomic E-state index is 14.9. The summed E-state index contributed by atoms with van der Waals surface area (Å²) in [6.07, 6.45) is 0.844. The fraction of sp³-hybridized carbons (Fsp3) is 0.455. The molecule has 1 fully saturated rings. The molecule has 0 bridgehead atoms. The second-order valence-corrected chi connectivity index (χ2v) is 8.20. The Kier molecular flexibility index (Phi) is 4.36. The number of hydrogen-bond acceptors (Lipinski definition) is 2. The van der Waals surface area contributed by atoms with Gasteiger partial charge in [0, 0.05) is 36.5 Å². The van der Waals surface area contributed by atoms with E-state index in [-0.39, 0.29) is 35.1 Å². The lowest BCUT2D eigenvalue weighted by atomic mass is 9.78. The molecular weight excluding hydrogens is 330 g/mol. The summed E-state index contributed by atoms with van der Waals surface area (Å²) in [5.74, 6) is -0.155. The normalized spacial score (nSPS) is 28.1. The summed E-state index contributed by atoms with van der Waals surface area (Å²) < 4.78 is 28.3. The SMILES string of the molecule is CN1CCNC(C2CC(c3ccc(F)cc3)c3cccc(F)c32)C1(C)C. The third-order valence-corrected chi connectivity index (χ3v) is 6.55. The molecule has 4 rings (SSSR count). The topological polar surface area (TPSA) is 15.3 Å². The van der Waals surface area contributed by atoms with Gasteiger partial charge in [0.2, 0.25) is 0 Å². The third kappa shape index (κ3) is 2.76. The van der Waals surface area contributed by atoms with Crippen molar-refractivity contribution in [1.29, 1.82) is 0 Å². The largest absolute Gasteiger partial charge is 0.310 e. The van der Waals surface area contributed by atoms with E-state index >= 15 is 0 Å². The Hall–Kier alpha value is -1.78. The van der Waals surface area contributed by atoms with E-state index in [1.807, 2.05) is 18.2 Å². The zero-order valence-corrected chi connectivity index (χ0v) is 15.6. The van der Waals surface area contributed by atoms with E-state index in [1.54, 1.807) is 12.1 Å². The van der Waals surface area contributed by atoms with Crippen molar-refractivity contribution in [3.8, 4) is 0 Å². The zero-order chi connectivity index (χ0) is 18.5. The molecule has 1 aliphatic heterocycles. The van der Waals surface area contributed by atoms with Gasteiger partial charge in [0.1, 0.15) is 11.6 Å². The minimum atomic E-state index is -0.237. The predicted molar refractivity (Wildman–Crippen MR) is 101 cm³/mol. The Morgan fingerprint density at radius 3 is 2.54 bits per heavy atom. The lowest BCUT2D eigenvalue weighted by molar-refractivity contribution is 0.0604. The summed E-state index contributed by atoms with van der Waals surface area (Å²) in [4.78, 5) is 2.36. The van der Waals surface area contributed by atoms with Crippen LogP contribution in [0.4, 0.5) is 8.78 Å². The van der Waals surface area contributed by atoms with Gasteiger partial charge in [-0.25, -0.2) is 8.78 Å². The van der Waals surface area contributed by atoms with Crippen LogP contribution in [0.1, 0.15) is 48.8 Å². The number of fused-ring (bicyclic) bond motifs is 1. The smallest absolute Gasteiger partial charge is 0.127 e.